The Bertz CT molecular complexity index is 966. The van der Waals surface area contributed by atoms with Crippen LogP contribution in [0.5, 0.6) is 0 Å². The molecule has 2 aromatic carbocycles. The molecule has 0 atom stereocenters. The molecular weight excluding hydrogens is 389 g/mol. The van der Waals surface area contributed by atoms with E-state index >= 15 is 0 Å². The first-order valence-corrected chi connectivity index (χ1v) is 9.05. The fourth-order valence-corrected chi connectivity index (χ4v) is 2.52. The van der Waals surface area contributed by atoms with Crippen LogP contribution in [0.1, 0.15) is 18.9 Å². The van der Waals surface area contributed by atoms with Gasteiger partial charge in [-0.05, 0) is 35.9 Å². The summed E-state index contributed by atoms with van der Waals surface area (Å²) in [6.07, 6.45) is 1.48. The van der Waals surface area contributed by atoms with Gasteiger partial charge < -0.3 is 15.0 Å². The molecule has 0 spiro atoms. The van der Waals surface area contributed by atoms with Gasteiger partial charge in [-0.1, -0.05) is 30.3 Å². The van der Waals surface area contributed by atoms with Crippen LogP contribution in [0.25, 0.3) is 6.08 Å². The van der Waals surface area contributed by atoms with Gasteiger partial charge in [0.1, 0.15) is 11.5 Å². The number of nitrogens with zero attached hydrogens (tertiary/aromatic N) is 2. The number of ether oxygens (including phenoxy) is 1. The van der Waals surface area contributed by atoms with Gasteiger partial charge in [0.25, 0.3) is 5.91 Å². The predicted octanol–water partition coefficient (Wildman–Crippen LogP) is 2.79. The average molecular weight is 409 g/mol. The van der Waals surface area contributed by atoms with Crippen molar-refractivity contribution >= 4 is 29.5 Å². The SMILES string of the molecule is CC(=O)NC(=Cc1ccccc1)C(=O)OCC(=O)N(CCC#N)c1ccc(F)cc1. The van der Waals surface area contributed by atoms with Crippen molar-refractivity contribution in [3.05, 3.63) is 71.7 Å². The summed E-state index contributed by atoms with van der Waals surface area (Å²) in [6, 6.07) is 15.9. The van der Waals surface area contributed by atoms with E-state index in [1.165, 1.54) is 42.2 Å². The minimum atomic E-state index is -0.887. The third kappa shape index (κ3) is 6.87. The largest absolute Gasteiger partial charge is 0.451 e. The van der Waals surface area contributed by atoms with Crippen molar-refractivity contribution in [1.82, 2.24) is 5.32 Å². The molecule has 0 aliphatic carbocycles. The van der Waals surface area contributed by atoms with Crippen LogP contribution in [0.4, 0.5) is 10.1 Å². The second kappa shape index (κ2) is 11.1. The van der Waals surface area contributed by atoms with Crippen LogP contribution in [-0.2, 0) is 19.1 Å². The average Bonchev–Trinajstić information content (AvgIpc) is 2.73. The number of hydrogen-bond acceptors (Lipinski definition) is 5. The monoisotopic (exact) mass is 409 g/mol. The van der Waals surface area contributed by atoms with E-state index in [-0.39, 0.29) is 18.7 Å². The van der Waals surface area contributed by atoms with Gasteiger partial charge in [0.05, 0.1) is 12.5 Å². The van der Waals surface area contributed by atoms with Gasteiger partial charge in [0.15, 0.2) is 6.61 Å². The third-order valence-electron chi connectivity index (χ3n) is 3.85. The van der Waals surface area contributed by atoms with Gasteiger partial charge in [-0.15, -0.1) is 0 Å². The van der Waals surface area contributed by atoms with Crippen LogP contribution >= 0.6 is 0 Å². The summed E-state index contributed by atoms with van der Waals surface area (Å²) >= 11 is 0. The summed E-state index contributed by atoms with van der Waals surface area (Å²) in [5, 5.41) is 11.2. The van der Waals surface area contributed by atoms with Crippen LogP contribution in [0.2, 0.25) is 0 Å². The van der Waals surface area contributed by atoms with Crippen LogP contribution < -0.4 is 10.2 Å². The summed E-state index contributed by atoms with van der Waals surface area (Å²) in [5.74, 6) is -2.42. The first kappa shape index (κ1) is 22.3. The summed E-state index contributed by atoms with van der Waals surface area (Å²) in [6.45, 7) is 0.680. The molecule has 2 aromatic rings. The lowest BCUT2D eigenvalue weighted by atomic mass is 10.2. The molecule has 0 saturated carbocycles. The van der Waals surface area contributed by atoms with Crippen molar-refractivity contribution in [3.63, 3.8) is 0 Å². The number of nitrogens with one attached hydrogen (secondary N) is 1. The highest BCUT2D eigenvalue weighted by Gasteiger charge is 2.20. The summed E-state index contributed by atoms with van der Waals surface area (Å²) in [4.78, 5) is 37.7. The Morgan fingerprint density at radius 3 is 2.40 bits per heavy atom. The van der Waals surface area contributed by atoms with Crippen molar-refractivity contribution in [2.45, 2.75) is 13.3 Å². The van der Waals surface area contributed by atoms with Crippen LogP contribution in [0.15, 0.2) is 60.3 Å². The highest BCUT2D eigenvalue weighted by atomic mass is 19.1. The van der Waals surface area contributed by atoms with E-state index in [1.54, 1.807) is 30.3 Å². The minimum absolute atomic E-state index is 0.0438. The number of hydrogen-bond donors (Lipinski definition) is 1. The van der Waals surface area contributed by atoms with E-state index < -0.39 is 30.2 Å². The highest BCUT2D eigenvalue weighted by Crippen LogP contribution is 2.16. The van der Waals surface area contributed by atoms with Crippen molar-refractivity contribution < 1.29 is 23.5 Å². The van der Waals surface area contributed by atoms with E-state index in [9.17, 15) is 18.8 Å². The van der Waals surface area contributed by atoms with E-state index in [0.717, 1.165) is 0 Å². The molecule has 0 bridgehead atoms. The zero-order valence-electron chi connectivity index (χ0n) is 16.3. The Kier molecular flexibility index (Phi) is 8.27. The molecule has 0 aromatic heterocycles. The topological polar surface area (TPSA) is 99.5 Å². The molecule has 0 heterocycles. The van der Waals surface area contributed by atoms with Gasteiger partial charge in [-0.3, -0.25) is 9.59 Å². The number of carbonyl (C=O) groups excluding carboxylic acids is 3. The molecular formula is C22H20FN3O4. The third-order valence-corrected chi connectivity index (χ3v) is 3.85. The standard InChI is InChI=1S/C22H20FN3O4/c1-16(27)25-20(14-17-6-3-2-4-7-17)22(29)30-15-21(28)26(13-5-12-24)19-10-8-18(23)9-11-19/h2-4,6-11,14H,5,13,15H2,1H3,(H,25,27). The molecule has 7 nitrogen and oxygen atoms in total. The Balaban J connectivity index is 2.12. The fraction of sp³-hybridized carbons (Fsp3) is 0.182. The zero-order valence-corrected chi connectivity index (χ0v) is 16.3. The molecule has 30 heavy (non-hydrogen) atoms. The highest BCUT2D eigenvalue weighted by molar-refractivity contribution is 6.00. The Hall–Kier alpha value is -3.99. The van der Waals surface area contributed by atoms with Gasteiger partial charge in [0, 0.05) is 19.2 Å². The van der Waals surface area contributed by atoms with E-state index in [4.69, 9.17) is 10.00 Å². The molecule has 154 valence electrons. The van der Waals surface area contributed by atoms with Crippen molar-refractivity contribution in [2.75, 3.05) is 18.1 Å². The minimum Gasteiger partial charge on any atom is -0.451 e. The smallest absolute Gasteiger partial charge is 0.355 e. The van der Waals surface area contributed by atoms with Crippen LogP contribution in [0.3, 0.4) is 0 Å². The van der Waals surface area contributed by atoms with E-state index in [1.807, 2.05) is 6.07 Å². The van der Waals surface area contributed by atoms with E-state index in [0.29, 0.717) is 11.3 Å². The van der Waals surface area contributed by atoms with Crippen molar-refractivity contribution in [3.8, 4) is 6.07 Å². The number of nitriles is 1. The maximum atomic E-state index is 13.2. The fourth-order valence-electron chi connectivity index (χ4n) is 2.52. The molecule has 8 heteroatoms. The number of amides is 2. The van der Waals surface area contributed by atoms with E-state index in [2.05, 4.69) is 5.32 Å². The molecule has 0 aliphatic heterocycles. The lowest BCUT2D eigenvalue weighted by Gasteiger charge is -2.21. The Morgan fingerprint density at radius 1 is 1.13 bits per heavy atom. The van der Waals surface area contributed by atoms with Gasteiger partial charge in [-0.2, -0.15) is 5.26 Å². The number of carbonyl (C=O) groups is 3. The lowest BCUT2D eigenvalue weighted by molar-refractivity contribution is -0.144. The number of halogens is 1. The Labute approximate surface area is 173 Å². The maximum Gasteiger partial charge on any atom is 0.355 e. The first-order valence-electron chi connectivity index (χ1n) is 9.05. The van der Waals surface area contributed by atoms with Gasteiger partial charge in [-0.25, -0.2) is 9.18 Å². The lowest BCUT2D eigenvalue weighted by Crippen LogP contribution is -2.36. The zero-order chi connectivity index (χ0) is 21.9. The first-order chi connectivity index (χ1) is 14.4. The molecule has 2 amide bonds. The van der Waals surface area contributed by atoms with Crippen molar-refractivity contribution in [2.24, 2.45) is 0 Å². The Morgan fingerprint density at radius 2 is 1.80 bits per heavy atom. The summed E-state index contributed by atoms with van der Waals surface area (Å²) in [7, 11) is 0. The molecule has 0 radical (unpaired) electrons. The normalized spacial score (nSPS) is 10.6. The number of esters is 1. The number of benzene rings is 2. The summed E-state index contributed by atoms with van der Waals surface area (Å²) in [5.41, 5.74) is 0.910. The molecule has 0 saturated heterocycles. The number of rotatable bonds is 8. The predicted molar refractivity (Wildman–Crippen MR) is 108 cm³/mol. The van der Waals surface area contributed by atoms with Crippen LogP contribution in [-0.4, -0.2) is 30.9 Å². The molecule has 1 N–H and O–H groups in total. The maximum absolute atomic E-state index is 13.2. The molecule has 0 unspecified atom stereocenters. The van der Waals surface area contributed by atoms with Gasteiger partial charge in [0.2, 0.25) is 5.91 Å². The quantitative estimate of drug-likeness (QED) is 0.534. The van der Waals surface area contributed by atoms with Crippen molar-refractivity contribution in [1.29, 1.82) is 5.26 Å². The van der Waals surface area contributed by atoms with Gasteiger partial charge >= 0.3 is 5.97 Å². The second-order valence-corrected chi connectivity index (χ2v) is 6.16. The molecule has 2 rings (SSSR count). The van der Waals surface area contributed by atoms with Crippen LogP contribution in [0, 0.1) is 17.1 Å². The number of anilines is 1. The molecule has 0 fully saturated rings. The molecule has 0 aliphatic rings. The summed E-state index contributed by atoms with van der Waals surface area (Å²) < 4.78 is 18.2. The second-order valence-electron chi connectivity index (χ2n) is 6.16.